The van der Waals surface area contributed by atoms with Crippen molar-refractivity contribution in [2.75, 3.05) is 6.61 Å². The third kappa shape index (κ3) is 5.24. The molecular formula is C14H19N3O3. The molecule has 0 aliphatic carbocycles. The molecule has 1 rings (SSSR count). The molecule has 1 N–H and O–H groups in total. The minimum Gasteiger partial charge on any atom is -0.493 e. The summed E-state index contributed by atoms with van der Waals surface area (Å²) in [6.45, 7) is 4.95. The first-order valence-electron chi connectivity index (χ1n) is 6.55. The average molecular weight is 277 g/mol. The highest BCUT2D eigenvalue weighted by molar-refractivity contribution is 5.43. The molecule has 0 atom stereocenters. The molecule has 0 amide bonds. The number of nitro groups is 1. The summed E-state index contributed by atoms with van der Waals surface area (Å²) in [6.07, 6.45) is 1.08. The number of rotatable bonds is 8. The number of non-ortho nitro benzene ring substituents is 1. The zero-order valence-corrected chi connectivity index (χ0v) is 11.8. The molecule has 0 heterocycles. The number of hydrogen-bond donors (Lipinski definition) is 1. The molecule has 0 aliphatic heterocycles. The third-order valence-corrected chi connectivity index (χ3v) is 2.65. The number of nitrogens with zero attached hydrogens (tertiary/aromatic N) is 2. The number of nitriles is 1. The van der Waals surface area contributed by atoms with Crippen LogP contribution in [0, 0.1) is 21.4 Å². The first-order chi connectivity index (χ1) is 9.54. The van der Waals surface area contributed by atoms with Gasteiger partial charge in [-0.3, -0.25) is 10.1 Å². The number of nitrogens with one attached hydrogen (secondary N) is 1. The van der Waals surface area contributed by atoms with Crippen LogP contribution in [0.5, 0.6) is 5.75 Å². The molecule has 1 aromatic rings. The molecule has 0 aliphatic rings. The van der Waals surface area contributed by atoms with E-state index in [1.165, 1.54) is 12.1 Å². The van der Waals surface area contributed by atoms with Gasteiger partial charge in [-0.15, -0.1) is 0 Å². The van der Waals surface area contributed by atoms with Crippen molar-refractivity contribution in [2.45, 2.75) is 39.3 Å². The van der Waals surface area contributed by atoms with Crippen molar-refractivity contribution in [3.63, 3.8) is 0 Å². The predicted molar refractivity (Wildman–Crippen MR) is 75.4 cm³/mol. The van der Waals surface area contributed by atoms with Crippen LogP contribution < -0.4 is 10.1 Å². The van der Waals surface area contributed by atoms with E-state index >= 15 is 0 Å². The summed E-state index contributed by atoms with van der Waals surface area (Å²) in [4.78, 5) is 10.4. The van der Waals surface area contributed by atoms with Crippen LogP contribution in [0.15, 0.2) is 18.2 Å². The fourth-order valence-electron chi connectivity index (χ4n) is 1.61. The van der Waals surface area contributed by atoms with Crippen molar-refractivity contribution < 1.29 is 9.66 Å². The maximum Gasteiger partial charge on any atom is 0.270 e. The van der Waals surface area contributed by atoms with Crippen molar-refractivity contribution in [3.8, 4) is 11.8 Å². The summed E-state index contributed by atoms with van der Waals surface area (Å²) in [5.41, 5.74) is 0.805. The quantitative estimate of drug-likeness (QED) is 0.448. The molecule has 0 unspecified atom stereocenters. The Morgan fingerprint density at radius 2 is 2.25 bits per heavy atom. The average Bonchev–Trinajstić information content (AvgIpc) is 2.41. The Bertz CT molecular complexity index is 495. The van der Waals surface area contributed by atoms with E-state index in [-0.39, 0.29) is 11.7 Å². The van der Waals surface area contributed by atoms with Gasteiger partial charge in [0.05, 0.1) is 17.6 Å². The van der Waals surface area contributed by atoms with Gasteiger partial charge in [-0.2, -0.15) is 5.26 Å². The summed E-state index contributed by atoms with van der Waals surface area (Å²) >= 11 is 0. The van der Waals surface area contributed by atoms with Crippen molar-refractivity contribution in [1.29, 1.82) is 5.26 Å². The van der Waals surface area contributed by atoms with Gasteiger partial charge in [0.2, 0.25) is 0 Å². The summed E-state index contributed by atoms with van der Waals surface area (Å²) in [6, 6.07) is 6.89. The van der Waals surface area contributed by atoms with Crippen LogP contribution in [0.4, 0.5) is 5.69 Å². The number of unbranched alkanes of at least 4 members (excludes halogenated alkanes) is 1. The van der Waals surface area contributed by atoms with Crippen LogP contribution in [-0.2, 0) is 6.54 Å². The van der Waals surface area contributed by atoms with E-state index in [2.05, 4.69) is 11.4 Å². The Hall–Kier alpha value is -2.13. The maximum absolute atomic E-state index is 10.8. The SMILES string of the molecule is CC(C)NCc1cc([N+](=O)[O-])ccc1OCCCC#N. The lowest BCUT2D eigenvalue weighted by molar-refractivity contribution is -0.384. The van der Waals surface area contributed by atoms with Crippen molar-refractivity contribution in [2.24, 2.45) is 0 Å². The molecule has 108 valence electrons. The van der Waals surface area contributed by atoms with Crippen molar-refractivity contribution >= 4 is 5.69 Å². The first-order valence-corrected chi connectivity index (χ1v) is 6.55. The van der Waals surface area contributed by atoms with Gasteiger partial charge in [0.1, 0.15) is 5.75 Å². The normalized spacial score (nSPS) is 10.3. The zero-order valence-electron chi connectivity index (χ0n) is 11.8. The summed E-state index contributed by atoms with van der Waals surface area (Å²) in [7, 11) is 0. The molecule has 6 nitrogen and oxygen atoms in total. The van der Waals surface area contributed by atoms with E-state index < -0.39 is 4.92 Å². The molecular weight excluding hydrogens is 258 g/mol. The molecule has 0 saturated heterocycles. The minimum absolute atomic E-state index is 0.0509. The predicted octanol–water partition coefficient (Wildman–Crippen LogP) is 2.78. The molecule has 0 fully saturated rings. The fourth-order valence-corrected chi connectivity index (χ4v) is 1.61. The van der Waals surface area contributed by atoms with Gasteiger partial charge < -0.3 is 10.1 Å². The van der Waals surface area contributed by atoms with Crippen molar-refractivity contribution in [3.05, 3.63) is 33.9 Å². The molecule has 0 aromatic heterocycles. The molecule has 20 heavy (non-hydrogen) atoms. The maximum atomic E-state index is 10.8. The Balaban J connectivity index is 2.79. The lowest BCUT2D eigenvalue weighted by Gasteiger charge is -2.13. The largest absolute Gasteiger partial charge is 0.493 e. The third-order valence-electron chi connectivity index (χ3n) is 2.65. The van der Waals surface area contributed by atoms with E-state index in [1.807, 2.05) is 13.8 Å². The summed E-state index contributed by atoms with van der Waals surface area (Å²) in [5, 5.41) is 22.5. The molecule has 1 aromatic carbocycles. The van der Waals surface area contributed by atoms with E-state index in [1.54, 1.807) is 6.07 Å². The van der Waals surface area contributed by atoms with Crippen molar-refractivity contribution in [1.82, 2.24) is 5.32 Å². The van der Waals surface area contributed by atoms with Gasteiger partial charge in [0, 0.05) is 36.7 Å². The molecule has 0 bridgehead atoms. The van der Waals surface area contributed by atoms with Gasteiger partial charge in [-0.1, -0.05) is 13.8 Å². The highest BCUT2D eigenvalue weighted by Gasteiger charge is 2.12. The highest BCUT2D eigenvalue weighted by Crippen LogP contribution is 2.24. The fraction of sp³-hybridized carbons (Fsp3) is 0.500. The second kappa shape index (κ2) is 8.12. The Morgan fingerprint density at radius 1 is 1.50 bits per heavy atom. The monoisotopic (exact) mass is 277 g/mol. The van der Waals surface area contributed by atoms with Crippen LogP contribution in [0.1, 0.15) is 32.3 Å². The van der Waals surface area contributed by atoms with Crippen LogP contribution in [0.25, 0.3) is 0 Å². The number of ether oxygens (including phenoxy) is 1. The summed E-state index contributed by atoms with van der Waals surface area (Å²) in [5.74, 6) is 0.627. The highest BCUT2D eigenvalue weighted by atomic mass is 16.6. The minimum atomic E-state index is -0.418. The van der Waals surface area contributed by atoms with Gasteiger partial charge in [0.15, 0.2) is 0 Å². The second-order valence-corrected chi connectivity index (χ2v) is 4.69. The van der Waals surface area contributed by atoms with E-state index in [0.29, 0.717) is 31.7 Å². The molecule has 0 saturated carbocycles. The van der Waals surface area contributed by atoms with Crippen LogP contribution >= 0.6 is 0 Å². The Labute approximate surface area is 118 Å². The standard InChI is InChI=1S/C14H19N3O3/c1-11(2)16-10-12-9-13(17(18)19)5-6-14(12)20-8-4-3-7-15/h5-6,9,11,16H,3-4,8,10H2,1-2H3. The number of hydrogen-bond acceptors (Lipinski definition) is 5. The first kappa shape index (κ1) is 15.9. The van der Waals surface area contributed by atoms with E-state index in [9.17, 15) is 10.1 Å². The molecule has 6 heteroatoms. The Morgan fingerprint density at radius 3 is 2.85 bits per heavy atom. The van der Waals surface area contributed by atoms with Crippen LogP contribution in [0.2, 0.25) is 0 Å². The zero-order chi connectivity index (χ0) is 15.0. The van der Waals surface area contributed by atoms with Gasteiger partial charge in [-0.25, -0.2) is 0 Å². The second-order valence-electron chi connectivity index (χ2n) is 4.69. The summed E-state index contributed by atoms with van der Waals surface area (Å²) < 4.78 is 5.59. The van der Waals surface area contributed by atoms with Gasteiger partial charge in [-0.05, 0) is 12.5 Å². The molecule has 0 spiro atoms. The van der Waals surface area contributed by atoms with E-state index in [0.717, 1.165) is 5.56 Å². The topological polar surface area (TPSA) is 88.2 Å². The number of benzene rings is 1. The van der Waals surface area contributed by atoms with Crippen LogP contribution in [0.3, 0.4) is 0 Å². The lowest BCUT2D eigenvalue weighted by atomic mass is 10.1. The van der Waals surface area contributed by atoms with Crippen LogP contribution in [-0.4, -0.2) is 17.6 Å². The Kier molecular flexibility index (Phi) is 6.47. The van der Waals surface area contributed by atoms with Gasteiger partial charge >= 0.3 is 0 Å². The molecule has 0 radical (unpaired) electrons. The number of nitro benzene ring substituents is 1. The van der Waals surface area contributed by atoms with Gasteiger partial charge in [0.25, 0.3) is 5.69 Å². The van der Waals surface area contributed by atoms with E-state index in [4.69, 9.17) is 10.00 Å². The smallest absolute Gasteiger partial charge is 0.270 e. The lowest BCUT2D eigenvalue weighted by Crippen LogP contribution is -2.22.